The molecule has 4 rings (SSSR count). The van der Waals surface area contributed by atoms with Gasteiger partial charge in [0.05, 0.1) is 6.61 Å². The summed E-state index contributed by atoms with van der Waals surface area (Å²) in [4.78, 5) is 14.8. The van der Waals surface area contributed by atoms with Crippen LogP contribution in [0.4, 0.5) is 0 Å². The highest BCUT2D eigenvalue weighted by Gasteiger charge is 2.62. The molecule has 23 heavy (non-hydrogen) atoms. The van der Waals surface area contributed by atoms with Gasteiger partial charge >= 0.3 is 5.97 Å². The van der Waals surface area contributed by atoms with Gasteiger partial charge in [-0.15, -0.1) is 17.0 Å². The fourth-order valence-corrected chi connectivity index (χ4v) is 4.04. The van der Waals surface area contributed by atoms with E-state index in [0.29, 0.717) is 24.3 Å². The number of epoxide rings is 1. The minimum Gasteiger partial charge on any atom is -0.462 e. The van der Waals surface area contributed by atoms with E-state index in [0.717, 1.165) is 18.4 Å². The van der Waals surface area contributed by atoms with E-state index in [9.17, 15) is 9.90 Å². The molecule has 6 atom stereocenters. The Morgan fingerprint density at radius 2 is 1.91 bits per heavy atom. The first-order valence-corrected chi connectivity index (χ1v) is 7.92. The second-order valence-electron chi connectivity index (χ2n) is 6.54. The van der Waals surface area contributed by atoms with Crippen LogP contribution < -0.4 is 0 Å². The molecule has 3 heterocycles. The molecular weight excluding hydrogens is 362 g/mol. The molecule has 1 aromatic rings. The molecule has 2 bridgehead atoms. The molecule has 0 spiro atoms. The van der Waals surface area contributed by atoms with Crippen molar-refractivity contribution in [1.82, 2.24) is 4.90 Å². The van der Waals surface area contributed by atoms with Crippen LogP contribution in [0, 0.1) is 0 Å². The molecule has 3 saturated heterocycles. The lowest BCUT2D eigenvalue weighted by Crippen LogP contribution is -2.48. The van der Waals surface area contributed by atoms with Crippen LogP contribution in [0.1, 0.15) is 24.3 Å². The zero-order chi connectivity index (χ0) is 15.3. The van der Waals surface area contributed by atoms with Crippen molar-refractivity contribution in [3.8, 4) is 0 Å². The summed E-state index contributed by atoms with van der Waals surface area (Å²) in [6.45, 7) is -0.226. The zero-order valence-electron chi connectivity index (χ0n) is 13.0. The number of halogens is 1. The van der Waals surface area contributed by atoms with Gasteiger partial charge in [-0.25, -0.2) is 0 Å². The number of hydrogen-bond acceptors (Lipinski definition) is 5. The minimum atomic E-state index is -0.593. The zero-order valence-corrected chi connectivity index (χ0v) is 14.7. The highest BCUT2D eigenvalue weighted by Crippen LogP contribution is 2.48. The monoisotopic (exact) mass is 383 g/mol. The summed E-state index contributed by atoms with van der Waals surface area (Å²) < 4.78 is 11.4. The summed E-state index contributed by atoms with van der Waals surface area (Å²) in [5.41, 5.74) is 0.803. The molecule has 0 saturated carbocycles. The maximum Gasteiger partial charge on any atom is 0.316 e. The molecule has 0 radical (unpaired) electrons. The van der Waals surface area contributed by atoms with Crippen LogP contribution in [0.15, 0.2) is 30.3 Å². The molecule has 1 unspecified atom stereocenters. The Balaban J connectivity index is 0.00000156. The summed E-state index contributed by atoms with van der Waals surface area (Å²) in [7, 11) is 2.13. The average molecular weight is 384 g/mol. The predicted molar refractivity (Wildman–Crippen MR) is 89.7 cm³/mol. The Bertz CT molecular complexity index is 551. The topological polar surface area (TPSA) is 62.3 Å². The lowest BCUT2D eigenvalue weighted by atomic mass is 9.97. The number of carbonyl (C=O) groups is 1. The first kappa shape index (κ1) is 16.9. The second kappa shape index (κ2) is 6.51. The van der Waals surface area contributed by atoms with Gasteiger partial charge in [0.25, 0.3) is 0 Å². The summed E-state index contributed by atoms with van der Waals surface area (Å²) >= 11 is 0. The van der Waals surface area contributed by atoms with Gasteiger partial charge in [-0.2, -0.15) is 0 Å². The standard InChI is InChI=1S/C17H21NO4.BrH/c1-18-13-7-11(8-14(18)16-15(13)22-16)21-17(20)12(9-19)10-5-3-2-4-6-10;/h2-6,11-16,19H,7-9H2,1H3;1H/t11?,12-,13-,14+,15+,16+;/m1./s1. The molecule has 1 N–H and O–H groups in total. The van der Waals surface area contributed by atoms with Gasteiger partial charge in [-0.05, 0) is 12.6 Å². The van der Waals surface area contributed by atoms with E-state index in [2.05, 4.69) is 11.9 Å². The van der Waals surface area contributed by atoms with Gasteiger partial charge in [0.2, 0.25) is 0 Å². The molecular formula is C17H22BrNO4. The highest BCUT2D eigenvalue weighted by molar-refractivity contribution is 8.93. The van der Waals surface area contributed by atoms with E-state index < -0.39 is 5.92 Å². The second-order valence-corrected chi connectivity index (χ2v) is 6.54. The number of piperidine rings is 1. The van der Waals surface area contributed by atoms with E-state index in [-0.39, 0.29) is 35.7 Å². The molecule has 3 aliphatic heterocycles. The minimum absolute atomic E-state index is 0. The Morgan fingerprint density at radius 1 is 1.30 bits per heavy atom. The fourth-order valence-electron chi connectivity index (χ4n) is 4.04. The third kappa shape index (κ3) is 2.93. The number of benzene rings is 1. The normalized spacial score (nSPS) is 35.8. The van der Waals surface area contributed by atoms with E-state index >= 15 is 0 Å². The van der Waals surface area contributed by atoms with Gasteiger partial charge in [0.1, 0.15) is 24.2 Å². The smallest absolute Gasteiger partial charge is 0.316 e. The number of esters is 1. The lowest BCUT2D eigenvalue weighted by molar-refractivity contribution is -0.156. The van der Waals surface area contributed by atoms with Crippen LogP contribution >= 0.6 is 17.0 Å². The summed E-state index contributed by atoms with van der Waals surface area (Å²) in [6.07, 6.45) is 2.26. The van der Waals surface area contributed by atoms with E-state index in [1.165, 1.54) is 0 Å². The third-order valence-electron chi connectivity index (χ3n) is 5.33. The molecule has 0 aromatic heterocycles. The average Bonchev–Trinajstić information content (AvgIpc) is 3.27. The van der Waals surface area contributed by atoms with Crippen molar-refractivity contribution >= 4 is 23.0 Å². The van der Waals surface area contributed by atoms with Crippen molar-refractivity contribution in [2.24, 2.45) is 0 Å². The number of hydrogen-bond donors (Lipinski definition) is 1. The van der Waals surface area contributed by atoms with Crippen LogP contribution in [-0.2, 0) is 14.3 Å². The Kier molecular flexibility index (Phi) is 4.78. The van der Waals surface area contributed by atoms with E-state index in [1.807, 2.05) is 30.3 Å². The van der Waals surface area contributed by atoms with Crippen LogP contribution in [-0.4, -0.2) is 60.0 Å². The molecule has 6 heteroatoms. The number of fused-ring (bicyclic) bond motifs is 5. The van der Waals surface area contributed by atoms with Crippen molar-refractivity contribution in [1.29, 1.82) is 0 Å². The molecule has 5 nitrogen and oxygen atoms in total. The predicted octanol–water partition coefficient (Wildman–Crippen LogP) is 1.50. The van der Waals surface area contributed by atoms with Gasteiger partial charge in [-0.1, -0.05) is 30.3 Å². The molecule has 0 aliphatic carbocycles. The summed E-state index contributed by atoms with van der Waals surface area (Å²) in [6, 6.07) is 10.1. The SMILES string of the molecule is Br.CN1[C@@H]2CC(OC(=O)[C@H](CO)c3ccccc3)C[C@H]1[C@@H]1O[C@H]12. The number of aliphatic hydroxyl groups is 1. The van der Waals surface area contributed by atoms with E-state index in [4.69, 9.17) is 9.47 Å². The maximum absolute atomic E-state index is 12.4. The first-order chi connectivity index (χ1) is 10.7. The molecule has 3 aliphatic rings. The van der Waals surface area contributed by atoms with Crippen molar-refractivity contribution in [2.75, 3.05) is 13.7 Å². The number of ether oxygens (including phenoxy) is 2. The summed E-state index contributed by atoms with van der Waals surface area (Å²) in [5, 5.41) is 9.56. The van der Waals surface area contributed by atoms with Crippen LogP contribution in [0.25, 0.3) is 0 Å². The molecule has 126 valence electrons. The fraction of sp³-hybridized carbons (Fsp3) is 0.588. The van der Waals surface area contributed by atoms with Crippen LogP contribution in [0.3, 0.4) is 0 Å². The number of rotatable bonds is 4. The Hall–Kier alpha value is -0.950. The van der Waals surface area contributed by atoms with Crippen molar-refractivity contribution < 1.29 is 19.4 Å². The number of likely N-dealkylation sites (N-methyl/N-ethyl adjacent to an activating group) is 1. The van der Waals surface area contributed by atoms with Crippen molar-refractivity contribution in [2.45, 2.75) is 49.2 Å². The lowest BCUT2D eigenvalue weighted by Gasteiger charge is -2.38. The third-order valence-corrected chi connectivity index (χ3v) is 5.33. The van der Waals surface area contributed by atoms with Gasteiger partial charge < -0.3 is 14.6 Å². The van der Waals surface area contributed by atoms with Gasteiger partial charge in [-0.3, -0.25) is 9.69 Å². The Labute approximate surface area is 146 Å². The maximum atomic E-state index is 12.4. The number of morpholine rings is 1. The van der Waals surface area contributed by atoms with Gasteiger partial charge in [0, 0.05) is 24.9 Å². The van der Waals surface area contributed by atoms with Gasteiger partial charge in [0.15, 0.2) is 0 Å². The number of nitrogens with zero attached hydrogens (tertiary/aromatic N) is 1. The quantitative estimate of drug-likeness (QED) is 0.630. The largest absolute Gasteiger partial charge is 0.462 e. The molecule has 0 amide bonds. The number of aliphatic hydroxyl groups excluding tert-OH is 1. The number of carbonyl (C=O) groups excluding carboxylic acids is 1. The van der Waals surface area contributed by atoms with E-state index in [1.54, 1.807) is 0 Å². The summed E-state index contributed by atoms with van der Waals surface area (Å²) in [5.74, 6) is -0.915. The highest BCUT2D eigenvalue weighted by atomic mass is 79.9. The Morgan fingerprint density at radius 3 is 2.48 bits per heavy atom. The molecule has 1 aromatic carbocycles. The van der Waals surface area contributed by atoms with Crippen molar-refractivity contribution in [3.63, 3.8) is 0 Å². The van der Waals surface area contributed by atoms with Crippen molar-refractivity contribution in [3.05, 3.63) is 35.9 Å². The molecule has 3 fully saturated rings. The van der Waals surface area contributed by atoms with Crippen LogP contribution in [0.5, 0.6) is 0 Å². The van der Waals surface area contributed by atoms with Crippen LogP contribution in [0.2, 0.25) is 0 Å². The first-order valence-electron chi connectivity index (χ1n) is 7.92.